The number of carbonyl (C=O) groups is 1. The highest BCUT2D eigenvalue weighted by Crippen LogP contribution is 2.35. The van der Waals surface area contributed by atoms with Gasteiger partial charge in [0.2, 0.25) is 0 Å². The summed E-state index contributed by atoms with van der Waals surface area (Å²) in [6, 6.07) is 13.2. The van der Waals surface area contributed by atoms with Gasteiger partial charge in [-0.05, 0) is 66.0 Å². The van der Waals surface area contributed by atoms with Crippen molar-refractivity contribution in [3.05, 3.63) is 65.0 Å². The van der Waals surface area contributed by atoms with Gasteiger partial charge in [-0.15, -0.1) is 0 Å². The number of ether oxygens (including phenoxy) is 1. The summed E-state index contributed by atoms with van der Waals surface area (Å²) in [5, 5.41) is 8.67. The van der Waals surface area contributed by atoms with Gasteiger partial charge >= 0.3 is 5.97 Å². The molecule has 0 heterocycles. The predicted molar refractivity (Wildman–Crippen MR) is 140 cm³/mol. The van der Waals surface area contributed by atoms with Crippen LogP contribution in [-0.2, 0) is 11.2 Å². The fraction of sp³-hybridized carbons (Fsp3) is 0.567. The molecule has 34 heavy (non-hydrogen) atoms. The number of carboxylic acid groups (broad SMARTS) is 1. The third kappa shape index (κ3) is 11.7. The van der Waals surface area contributed by atoms with Gasteiger partial charge < -0.3 is 9.84 Å². The molecule has 0 aromatic heterocycles. The smallest absolute Gasteiger partial charge is 0.303 e. The van der Waals surface area contributed by atoms with Crippen molar-refractivity contribution in [2.75, 3.05) is 7.11 Å². The third-order valence-electron chi connectivity index (χ3n) is 6.01. The minimum absolute atomic E-state index is 0.0808. The number of hydrogen-bond donors (Lipinski definition) is 1. The number of rotatable bonds is 6. The van der Waals surface area contributed by atoms with E-state index in [1.54, 1.807) is 13.2 Å². The summed E-state index contributed by atoms with van der Waals surface area (Å²) in [6.07, 6.45) is 11.7. The van der Waals surface area contributed by atoms with Gasteiger partial charge in [-0.25, -0.2) is 4.39 Å². The Balaban J connectivity index is 0.000000284. The third-order valence-corrected chi connectivity index (χ3v) is 6.01. The van der Waals surface area contributed by atoms with Gasteiger partial charge in [-0.2, -0.15) is 0 Å². The lowest BCUT2D eigenvalue weighted by molar-refractivity contribution is -0.137. The van der Waals surface area contributed by atoms with Crippen LogP contribution in [0.5, 0.6) is 5.75 Å². The fourth-order valence-corrected chi connectivity index (χ4v) is 3.87. The fourth-order valence-electron chi connectivity index (χ4n) is 3.87. The second kappa shape index (κ2) is 17.1. The molecule has 2 aromatic rings. The van der Waals surface area contributed by atoms with Crippen molar-refractivity contribution in [1.29, 1.82) is 0 Å². The lowest BCUT2D eigenvalue weighted by Gasteiger charge is -2.22. The normalized spacial score (nSPS) is 15.2. The Morgan fingerprint density at radius 2 is 1.65 bits per heavy atom. The molecule has 0 spiro atoms. The van der Waals surface area contributed by atoms with Crippen molar-refractivity contribution in [2.24, 2.45) is 0 Å². The maximum absolute atomic E-state index is 13.6. The first kappa shape index (κ1) is 29.7. The van der Waals surface area contributed by atoms with Crippen LogP contribution in [0.25, 0.3) is 0 Å². The molecule has 0 saturated heterocycles. The molecule has 0 radical (unpaired) electrons. The second-order valence-corrected chi connectivity index (χ2v) is 8.88. The molecule has 1 N–H and O–H groups in total. The summed E-state index contributed by atoms with van der Waals surface area (Å²) in [5.41, 5.74) is 3.22. The molecule has 0 amide bonds. The minimum atomic E-state index is -0.737. The van der Waals surface area contributed by atoms with E-state index in [4.69, 9.17) is 9.84 Å². The van der Waals surface area contributed by atoms with Gasteiger partial charge in [-0.3, -0.25) is 4.79 Å². The largest absolute Gasteiger partial charge is 0.497 e. The molecular formula is C30H45FO3. The lowest BCUT2D eigenvalue weighted by atomic mass is 9.84. The van der Waals surface area contributed by atoms with Gasteiger partial charge in [0.25, 0.3) is 0 Å². The van der Waals surface area contributed by atoms with Crippen molar-refractivity contribution in [3.8, 4) is 5.75 Å². The first-order valence-corrected chi connectivity index (χ1v) is 13.1. The zero-order valence-corrected chi connectivity index (χ0v) is 21.9. The molecule has 190 valence electrons. The van der Waals surface area contributed by atoms with E-state index >= 15 is 0 Å². The van der Waals surface area contributed by atoms with Gasteiger partial charge in [0.05, 0.1) is 13.5 Å². The zero-order valence-electron chi connectivity index (χ0n) is 21.9. The Morgan fingerprint density at radius 3 is 2.18 bits per heavy atom. The zero-order chi connectivity index (χ0) is 25.3. The van der Waals surface area contributed by atoms with Crippen LogP contribution in [0.1, 0.15) is 114 Å². The van der Waals surface area contributed by atoms with E-state index in [0.717, 1.165) is 36.1 Å². The van der Waals surface area contributed by atoms with E-state index in [-0.39, 0.29) is 18.2 Å². The molecule has 2 saturated carbocycles. The Bertz CT molecular complexity index is 823. The van der Waals surface area contributed by atoms with Crippen LogP contribution >= 0.6 is 0 Å². The Labute approximate surface area is 206 Å². The van der Waals surface area contributed by atoms with Crippen molar-refractivity contribution in [3.63, 3.8) is 0 Å². The minimum Gasteiger partial charge on any atom is -0.497 e. The molecule has 2 aliphatic carbocycles. The highest BCUT2D eigenvalue weighted by atomic mass is 19.1. The highest BCUT2D eigenvalue weighted by molar-refractivity contribution is 5.68. The van der Waals surface area contributed by atoms with Crippen LogP contribution in [-0.4, -0.2) is 18.2 Å². The van der Waals surface area contributed by atoms with Crippen LogP contribution in [0.3, 0.4) is 0 Å². The van der Waals surface area contributed by atoms with Crippen molar-refractivity contribution in [2.45, 2.75) is 104 Å². The van der Waals surface area contributed by atoms with Crippen molar-refractivity contribution >= 4 is 5.97 Å². The first-order valence-electron chi connectivity index (χ1n) is 13.1. The average molecular weight is 473 g/mol. The van der Waals surface area contributed by atoms with E-state index in [9.17, 15) is 9.18 Å². The summed E-state index contributed by atoms with van der Waals surface area (Å²) >= 11 is 0. The highest BCUT2D eigenvalue weighted by Gasteiger charge is 2.19. The van der Waals surface area contributed by atoms with E-state index in [2.05, 4.69) is 19.1 Å². The maximum Gasteiger partial charge on any atom is 0.303 e. The topological polar surface area (TPSA) is 46.5 Å². The molecule has 2 fully saturated rings. The van der Waals surface area contributed by atoms with Gasteiger partial charge in [0, 0.05) is 0 Å². The van der Waals surface area contributed by atoms with Gasteiger partial charge in [-0.1, -0.05) is 90.5 Å². The number of halogens is 1. The Kier molecular flexibility index (Phi) is 14.9. The molecule has 1 atom stereocenters. The molecule has 1 unspecified atom stereocenters. The molecule has 2 aliphatic rings. The lowest BCUT2D eigenvalue weighted by Crippen LogP contribution is -2.06. The van der Waals surface area contributed by atoms with Crippen molar-refractivity contribution < 1.29 is 19.0 Å². The SMILES string of the molecule is C1CC1.CC.CCc1cccc(C(C)CC(=O)O)c1.COc1ccc(F)c(C2CCCCC2)c1. The first-order chi connectivity index (χ1) is 16.4. The summed E-state index contributed by atoms with van der Waals surface area (Å²) in [4.78, 5) is 10.5. The van der Waals surface area contributed by atoms with Crippen LogP contribution in [0.4, 0.5) is 4.39 Å². The van der Waals surface area contributed by atoms with E-state index in [1.807, 2.05) is 39.0 Å². The molecule has 2 aromatic carbocycles. The van der Waals surface area contributed by atoms with Crippen LogP contribution in [0.15, 0.2) is 42.5 Å². The molecule has 4 heteroatoms. The standard InChI is InChI=1S/C13H17FO.C12H16O2.C3H6.C2H6/c1-15-11-7-8-13(14)12(9-11)10-5-3-2-4-6-10;1-3-10-5-4-6-11(8-10)9(2)7-12(13)14;1-2-3-1;1-2/h7-10H,2-6H2,1H3;4-6,8-9H,3,7H2,1-2H3,(H,13,14);1-3H2;1-2H3. The summed E-state index contributed by atoms with van der Waals surface area (Å²) in [6.45, 7) is 8.05. The molecule has 3 nitrogen and oxygen atoms in total. The summed E-state index contributed by atoms with van der Waals surface area (Å²) in [5.74, 6) is 0.437. The Morgan fingerprint density at radius 1 is 1.03 bits per heavy atom. The van der Waals surface area contributed by atoms with Gasteiger partial charge in [0.15, 0.2) is 0 Å². The van der Waals surface area contributed by atoms with Crippen LogP contribution in [0, 0.1) is 5.82 Å². The molecule has 0 aliphatic heterocycles. The van der Waals surface area contributed by atoms with Gasteiger partial charge in [0.1, 0.15) is 11.6 Å². The number of aliphatic carboxylic acids is 1. The predicted octanol–water partition coefficient (Wildman–Crippen LogP) is 8.91. The maximum atomic E-state index is 13.6. The Hall–Kier alpha value is -2.36. The van der Waals surface area contributed by atoms with E-state index in [0.29, 0.717) is 5.92 Å². The molecule has 0 bridgehead atoms. The average Bonchev–Trinajstić information content (AvgIpc) is 3.76. The molecular weight excluding hydrogens is 427 g/mol. The number of methoxy groups -OCH3 is 1. The monoisotopic (exact) mass is 472 g/mol. The van der Waals surface area contributed by atoms with Crippen LogP contribution < -0.4 is 4.74 Å². The number of carboxylic acids is 1. The summed E-state index contributed by atoms with van der Waals surface area (Å²) < 4.78 is 18.8. The summed E-state index contributed by atoms with van der Waals surface area (Å²) in [7, 11) is 1.62. The second-order valence-electron chi connectivity index (χ2n) is 8.88. The molecule has 4 rings (SSSR count). The number of hydrogen-bond acceptors (Lipinski definition) is 2. The van der Waals surface area contributed by atoms with E-state index in [1.165, 1.54) is 50.2 Å². The quantitative estimate of drug-likeness (QED) is 0.456. The number of benzene rings is 2. The van der Waals surface area contributed by atoms with Crippen LogP contribution in [0.2, 0.25) is 0 Å². The van der Waals surface area contributed by atoms with E-state index < -0.39 is 5.97 Å². The van der Waals surface area contributed by atoms with Crippen molar-refractivity contribution in [1.82, 2.24) is 0 Å². The number of aryl methyl sites for hydroxylation is 1.